The van der Waals surface area contributed by atoms with Crippen LogP contribution in [0.4, 0.5) is 0 Å². The van der Waals surface area contributed by atoms with Crippen LogP contribution in [-0.2, 0) is 0 Å². The lowest BCUT2D eigenvalue weighted by molar-refractivity contribution is 0.101. The molecular weight excluding hydrogens is 238 g/mol. The zero-order valence-electron chi connectivity index (χ0n) is 10.5. The van der Waals surface area contributed by atoms with Gasteiger partial charge in [0.05, 0.1) is 11.0 Å². The standard InChI is InChI=1S/C15H13N3O/c1-11-6-2-3-7-12(11)15(19)17-18-10-16-13-8-4-5-9-14(13)18/h2-10H,1H3,(H,17,19). The van der Waals surface area contributed by atoms with Gasteiger partial charge in [0.15, 0.2) is 0 Å². The van der Waals surface area contributed by atoms with Crippen molar-refractivity contribution in [2.75, 3.05) is 5.43 Å². The molecule has 2 aromatic carbocycles. The van der Waals surface area contributed by atoms with Crippen molar-refractivity contribution in [2.24, 2.45) is 0 Å². The van der Waals surface area contributed by atoms with Crippen LogP contribution in [-0.4, -0.2) is 15.6 Å². The monoisotopic (exact) mass is 251 g/mol. The second-order valence-corrected chi connectivity index (χ2v) is 4.36. The number of hydrogen-bond donors (Lipinski definition) is 1. The summed E-state index contributed by atoms with van der Waals surface area (Å²) in [6, 6.07) is 15.2. The van der Waals surface area contributed by atoms with Gasteiger partial charge < -0.3 is 0 Å². The van der Waals surface area contributed by atoms with E-state index in [2.05, 4.69) is 10.4 Å². The Morgan fingerprint density at radius 3 is 2.68 bits per heavy atom. The summed E-state index contributed by atoms with van der Waals surface area (Å²) in [6.07, 6.45) is 1.61. The number of rotatable bonds is 2. The zero-order chi connectivity index (χ0) is 13.2. The van der Waals surface area contributed by atoms with Gasteiger partial charge >= 0.3 is 0 Å². The smallest absolute Gasteiger partial charge is 0.267 e. The third-order valence-electron chi connectivity index (χ3n) is 3.07. The number of nitrogens with one attached hydrogen (secondary N) is 1. The highest BCUT2D eigenvalue weighted by Gasteiger charge is 2.09. The molecule has 1 N–H and O–H groups in total. The van der Waals surface area contributed by atoms with Crippen LogP contribution in [0.5, 0.6) is 0 Å². The first-order chi connectivity index (χ1) is 9.25. The fourth-order valence-corrected chi connectivity index (χ4v) is 2.05. The van der Waals surface area contributed by atoms with Crippen LogP contribution in [0.15, 0.2) is 54.9 Å². The minimum atomic E-state index is -0.138. The van der Waals surface area contributed by atoms with Gasteiger partial charge in [-0.05, 0) is 30.7 Å². The number of amides is 1. The lowest BCUT2D eigenvalue weighted by atomic mass is 10.1. The number of carbonyl (C=O) groups is 1. The number of carbonyl (C=O) groups excluding carboxylic acids is 1. The van der Waals surface area contributed by atoms with E-state index in [1.54, 1.807) is 11.0 Å². The van der Waals surface area contributed by atoms with Crippen LogP contribution in [0.25, 0.3) is 11.0 Å². The number of imidazole rings is 1. The Morgan fingerprint density at radius 1 is 1.11 bits per heavy atom. The molecule has 0 radical (unpaired) electrons. The van der Waals surface area contributed by atoms with Crippen molar-refractivity contribution < 1.29 is 4.79 Å². The molecule has 94 valence electrons. The highest BCUT2D eigenvalue weighted by atomic mass is 16.2. The maximum Gasteiger partial charge on any atom is 0.270 e. The summed E-state index contributed by atoms with van der Waals surface area (Å²) < 4.78 is 1.64. The van der Waals surface area contributed by atoms with E-state index >= 15 is 0 Å². The Labute approximate surface area is 110 Å². The molecule has 0 aliphatic rings. The molecule has 0 unspecified atom stereocenters. The quantitative estimate of drug-likeness (QED) is 0.761. The Bertz CT molecular complexity index is 746. The molecule has 0 fully saturated rings. The summed E-state index contributed by atoms with van der Waals surface area (Å²) in [6.45, 7) is 1.92. The first-order valence-electron chi connectivity index (χ1n) is 6.05. The van der Waals surface area contributed by atoms with Crippen LogP contribution < -0.4 is 5.43 Å². The number of aryl methyl sites for hydroxylation is 1. The van der Waals surface area contributed by atoms with Gasteiger partial charge in [-0.25, -0.2) is 9.66 Å². The third-order valence-corrected chi connectivity index (χ3v) is 3.07. The molecule has 0 saturated carbocycles. The van der Waals surface area contributed by atoms with Crippen molar-refractivity contribution in [3.63, 3.8) is 0 Å². The minimum absolute atomic E-state index is 0.138. The summed E-state index contributed by atoms with van der Waals surface area (Å²) >= 11 is 0. The van der Waals surface area contributed by atoms with Crippen molar-refractivity contribution in [1.29, 1.82) is 0 Å². The molecule has 0 saturated heterocycles. The van der Waals surface area contributed by atoms with E-state index in [0.717, 1.165) is 16.6 Å². The van der Waals surface area contributed by atoms with E-state index in [9.17, 15) is 4.79 Å². The van der Waals surface area contributed by atoms with E-state index in [1.807, 2.05) is 55.5 Å². The summed E-state index contributed by atoms with van der Waals surface area (Å²) in [5, 5.41) is 0. The third kappa shape index (κ3) is 2.08. The van der Waals surface area contributed by atoms with Crippen LogP contribution in [0.2, 0.25) is 0 Å². The highest BCUT2D eigenvalue weighted by Crippen LogP contribution is 2.12. The van der Waals surface area contributed by atoms with Gasteiger partial charge in [0, 0.05) is 5.56 Å². The Hall–Kier alpha value is -2.62. The molecule has 0 spiro atoms. The van der Waals surface area contributed by atoms with Crippen molar-refractivity contribution in [3.05, 3.63) is 66.0 Å². The van der Waals surface area contributed by atoms with E-state index in [0.29, 0.717) is 5.56 Å². The summed E-state index contributed by atoms with van der Waals surface area (Å²) in [7, 11) is 0. The second kappa shape index (κ2) is 4.57. The van der Waals surface area contributed by atoms with Gasteiger partial charge in [-0.3, -0.25) is 10.2 Å². The average molecular weight is 251 g/mol. The first-order valence-corrected chi connectivity index (χ1v) is 6.05. The fourth-order valence-electron chi connectivity index (χ4n) is 2.05. The van der Waals surface area contributed by atoms with Crippen LogP contribution in [0, 0.1) is 6.92 Å². The van der Waals surface area contributed by atoms with Crippen molar-refractivity contribution in [1.82, 2.24) is 9.66 Å². The molecule has 0 aliphatic carbocycles. The predicted octanol–water partition coefficient (Wildman–Crippen LogP) is 2.73. The molecule has 3 aromatic rings. The van der Waals surface area contributed by atoms with E-state index in [-0.39, 0.29) is 5.91 Å². The van der Waals surface area contributed by atoms with Crippen LogP contribution >= 0.6 is 0 Å². The average Bonchev–Trinajstić information content (AvgIpc) is 2.83. The fraction of sp³-hybridized carbons (Fsp3) is 0.0667. The summed E-state index contributed by atoms with van der Waals surface area (Å²) in [5.41, 5.74) is 6.19. The minimum Gasteiger partial charge on any atom is -0.267 e. The second-order valence-electron chi connectivity index (χ2n) is 4.36. The van der Waals surface area contributed by atoms with Crippen molar-refractivity contribution >= 4 is 16.9 Å². The van der Waals surface area contributed by atoms with Crippen LogP contribution in [0.3, 0.4) is 0 Å². The Kier molecular flexibility index (Phi) is 2.76. The van der Waals surface area contributed by atoms with Gasteiger partial charge in [0.1, 0.15) is 6.33 Å². The maximum absolute atomic E-state index is 12.2. The van der Waals surface area contributed by atoms with Gasteiger partial charge in [0.2, 0.25) is 0 Å². The number of fused-ring (bicyclic) bond motifs is 1. The molecule has 0 atom stereocenters. The molecule has 0 bridgehead atoms. The van der Waals surface area contributed by atoms with Crippen LogP contribution in [0.1, 0.15) is 15.9 Å². The van der Waals surface area contributed by atoms with E-state index < -0.39 is 0 Å². The molecule has 4 heteroatoms. The first kappa shape index (κ1) is 11.5. The lowest BCUT2D eigenvalue weighted by Crippen LogP contribution is -2.22. The summed E-state index contributed by atoms with van der Waals surface area (Å²) in [4.78, 5) is 16.5. The largest absolute Gasteiger partial charge is 0.270 e. The van der Waals surface area contributed by atoms with Gasteiger partial charge in [-0.15, -0.1) is 0 Å². The molecule has 19 heavy (non-hydrogen) atoms. The molecule has 1 amide bonds. The van der Waals surface area contributed by atoms with E-state index in [4.69, 9.17) is 0 Å². The van der Waals surface area contributed by atoms with Gasteiger partial charge in [-0.1, -0.05) is 30.3 Å². The Morgan fingerprint density at radius 2 is 1.84 bits per heavy atom. The van der Waals surface area contributed by atoms with Crippen molar-refractivity contribution in [2.45, 2.75) is 6.92 Å². The maximum atomic E-state index is 12.2. The number of nitrogens with zero attached hydrogens (tertiary/aromatic N) is 2. The molecule has 1 aromatic heterocycles. The zero-order valence-corrected chi connectivity index (χ0v) is 10.5. The predicted molar refractivity (Wildman–Crippen MR) is 74.6 cm³/mol. The summed E-state index contributed by atoms with van der Waals surface area (Å²) in [5.74, 6) is -0.138. The number of hydrogen-bond acceptors (Lipinski definition) is 2. The number of benzene rings is 2. The number of aromatic nitrogens is 2. The molecule has 4 nitrogen and oxygen atoms in total. The SMILES string of the molecule is Cc1ccccc1C(=O)Nn1cnc2ccccc21. The molecule has 1 heterocycles. The molecule has 3 rings (SSSR count). The highest BCUT2D eigenvalue weighted by molar-refractivity contribution is 6.01. The molecule has 0 aliphatic heterocycles. The topological polar surface area (TPSA) is 46.9 Å². The van der Waals surface area contributed by atoms with Gasteiger partial charge in [0.25, 0.3) is 5.91 Å². The Balaban J connectivity index is 1.94. The lowest BCUT2D eigenvalue weighted by Gasteiger charge is -2.08. The van der Waals surface area contributed by atoms with E-state index in [1.165, 1.54) is 0 Å². The molecular formula is C15H13N3O. The number of para-hydroxylation sites is 2. The van der Waals surface area contributed by atoms with Crippen molar-refractivity contribution in [3.8, 4) is 0 Å². The van der Waals surface area contributed by atoms with Gasteiger partial charge in [-0.2, -0.15) is 0 Å². The normalized spacial score (nSPS) is 10.6.